The van der Waals surface area contributed by atoms with Gasteiger partial charge >= 0.3 is 0 Å². The van der Waals surface area contributed by atoms with Crippen LogP contribution in [0.15, 0.2) is 36.4 Å². The van der Waals surface area contributed by atoms with E-state index in [2.05, 4.69) is 26.0 Å². The molecule has 0 aliphatic carbocycles. The van der Waals surface area contributed by atoms with Gasteiger partial charge in [0.2, 0.25) is 0 Å². The van der Waals surface area contributed by atoms with Crippen molar-refractivity contribution in [3.8, 4) is 0 Å². The van der Waals surface area contributed by atoms with Crippen LogP contribution in [-0.4, -0.2) is 0 Å². The van der Waals surface area contributed by atoms with Crippen molar-refractivity contribution in [1.82, 2.24) is 0 Å². The Bertz CT molecular complexity index is 575. The van der Waals surface area contributed by atoms with Gasteiger partial charge in [0.1, 0.15) is 5.82 Å². The van der Waals surface area contributed by atoms with E-state index in [1.807, 2.05) is 6.07 Å². The second kappa shape index (κ2) is 5.72. The zero-order valence-corrected chi connectivity index (χ0v) is 11.8. The standard InChI is InChI=1S/C16H17ClFN/c1-10-4-3-5-11(2)13(10)9-16(19)12-6-7-15(18)14(17)8-12/h3-8,16H,9,19H2,1-2H3. The first kappa shape index (κ1) is 14.0. The van der Waals surface area contributed by atoms with Crippen molar-refractivity contribution in [2.24, 2.45) is 5.73 Å². The van der Waals surface area contributed by atoms with Gasteiger partial charge in [0.15, 0.2) is 0 Å². The summed E-state index contributed by atoms with van der Waals surface area (Å²) in [5, 5.41) is 0.120. The first-order chi connectivity index (χ1) is 8.99. The summed E-state index contributed by atoms with van der Waals surface area (Å²) in [4.78, 5) is 0. The quantitative estimate of drug-likeness (QED) is 0.887. The molecular formula is C16H17ClFN. The SMILES string of the molecule is Cc1cccc(C)c1CC(N)c1ccc(F)c(Cl)c1. The number of benzene rings is 2. The van der Waals surface area contributed by atoms with Crippen LogP contribution in [0.5, 0.6) is 0 Å². The highest BCUT2D eigenvalue weighted by molar-refractivity contribution is 6.30. The molecule has 1 nitrogen and oxygen atoms in total. The highest BCUT2D eigenvalue weighted by atomic mass is 35.5. The number of halogens is 2. The lowest BCUT2D eigenvalue weighted by Crippen LogP contribution is -2.15. The second-order valence-electron chi connectivity index (χ2n) is 4.85. The third-order valence-electron chi connectivity index (χ3n) is 3.44. The largest absolute Gasteiger partial charge is 0.324 e. The molecule has 0 fully saturated rings. The van der Waals surface area contributed by atoms with E-state index < -0.39 is 5.82 Å². The van der Waals surface area contributed by atoms with Crippen LogP contribution in [0.2, 0.25) is 5.02 Å². The van der Waals surface area contributed by atoms with Gasteiger partial charge in [-0.25, -0.2) is 4.39 Å². The van der Waals surface area contributed by atoms with E-state index in [1.165, 1.54) is 22.8 Å². The Labute approximate surface area is 118 Å². The Hall–Kier alpha value is -1.38. The van der Waals surface area contributed by atoms with Crippen LogP contribution in [0, 0.1) is 19.7 Å². The van der Waals surface area contributed by atoms with Gasteiger partial charge in [-0.15, -0.1) is 0 Å². The molecule has 0 radical (unpaired) electrons. The molecule has 0 amide bonds. The summed E-state index contributed by atoms with van der Waals surface area (Å²) in [5.74, 6) is -0.412. The maximum Gasteiger partial charge on any atom is 0.141 e. The number of nitrogens with two attached hydrogens (primary N) is 1. The fraction of sp³-hybridized carbons (Fsp3) is 0.250. The lowest BCUT2D eigenvalue weighted by molar-refractivity contribution is 0.624. The average Bonchev–Trinajstić information content (AvgIpc) is 2.37. The highest BCUT2D eigenvalue weighted by Gasteiger charge is 2.12. The van der Waals surface area contributed by atoms with E-state index in [-0.39, 0.29) is 11.1 Å². The molecule has 0 bridgehead atoms. The minimum atomic E-state index is -0.412. The Morgan fingerprint density at radius 1 is 1.16 bits per heavy atom. The molecule has 1 atom stereocenters. The Kier molecular flexibility index (Phi) is 4.23. The van der Waals surface area contributed by atoms with E-state index in [0.717, 1.165) is 12.0 Å². The van der Waals surface area contributed by atoms with Crippen molar-refractivity contribution in [2.45, 2.75) is 26.3 Å². The lowest BCUT2D eigenvalue weighted by atomic mass is 9.93. The van der Waals surface area contributed by atoms with E-state index in [1.54, 1.807) is 12.1 Å². The molecule has 3 heteroatoms. The maximum absolute atomic E-state index is 13.1. The summed E-state index contributed by atoms with van der Waals surface area (Å²) >= 11 is 5.79. The summed E-state index contributed by atoms with van der Waals surface area (Å²) in [5.41, 5.74) is 10.8. The summed E-state index contributed by atoms with van der Waals surface area (Å²) < 4.78 is 13.1. The topological polar surface area (TPSA) is 26.0 Å². The predicted octanol–water partition coefficient (Wildman–Crippen LogP) is 4.34. The molecule has 0 spiro atoms. The van der Waals surface area contributed by atoms with Crippen molar-refractivity contribution in [2.75, 3.05) is 0 Å². The summed E-state index contributed by atoms with van der Waals surface area (Å²) in [6.07, 6.45) is 0.723. The van der Waals surface area contributed by atoms with Crippen molar-refractivity contribution in [1.29, 1.82) is 0 Å². The van der Waals surface area contributed by atoms with Crippen LogP contribution in [0.4, 0.5) is 4.39 Å². The molecule has 2 aromatic carbocycles. The van der Waals surface area contributed by atoms with Gasteiger partial charge in [-0.05, 0) is 54.7 Å². The minimum absolute atomic E-state index is 0.120. The summed E-state index contributed by atoms with van der Waals surface area (Å²) in [6, 6.07) is 10.7. The number of hydrogen-bond acceptors (Lipinski definition) is 1. The number of hydrogen-bond donors (Lipinski definition) is 1. The predicted molar refractivity (Wildman–Crippen MR) is 78.0 cm³/mol. The molecule has 2 aromatic rings. The third-order valence-corrected chi connectivity index (χ3v) is 3.73. The Morgan fingerprint density at radius 3 is 2.37 bits per heavy atom. The van der Waals surface area contributed by atoms with Crippen molar-refractivity contribution >= 4 is 11.6 Å². The highest BCUT2D eigenvalue weighted by Crippen LogP contribution is 2.24. The number of rotatable bonds is 3. The molecule has 100 valence electrons. The lowest BCUT2D eigenvalue weighted by Gasteiger charge is -2.16. The third kappa shape index (κ3) is 3.14. The van der Waals surface area contributed by atoms with Gasteiger partial charge in [0.25, 0.3) is 0 Å². The second-order valence-corrected chi connectivity index (χ2v) is 5.26. The first-order valence-electron chi connectivity index (χ1n) is 6.24. The molecule has 2 rings (SSSR count). The van der Waals surface area contributed by atoms with Crippen LogP contribution < -0.4 is 5.73 Å². The molecule has 1 unspecified atom stereocenters. The average molecular weight is 278 g/mol. The first-order valence-corrected chi connectivity index (χ1v) is 6.62. The zero-order chi connectivity index (χ0) is 14.0. The smallest absolute Gasteiger partial charge is 0.141 e. The van der Waals surface area contributed by atoms with Crippen molar-refractivity contribution in [3.63, 3.8) is 0 Å². The van der Waals surface area contributed by atoms with Crippen LogP contribution in [-0.2, 0) is 6.42 Å². The van der Waals surface area contributed by atoms with Gasteiger partial charge in [0.05, 0.1) is 5.02 Å². The van der Waals surface area contributed by atoms with Crippen LogP contribution >= 0.6 is 11.6 Å². The van der Waals surface area contributed by atoms with Crippen molar-refractivity contribution in [3.05, 3.63) is 69.5 Å². The monoisotopic (exact) mass is 277 g/mol. The van der Waals surface area contributed by atoms with E-state index >= 15 is 0 Å². The normalized spacial score (nSPS) is 12.5. The Balaban J connectivity index is 2.25. The minimum Gasteiger partial charge on any atom is -0.324 e. The number of aryl methyl sites for hydroxylation is 2. The molecule has 0 saturated heterocycles. The van der Waals surface area contributed by atoms with Crippen LogP contribution in [0.3, 0.4) is 0 Å². The molecule has 0 aliphatic rings. The van der Waals surface area contributed by atoms with Crippen LogP contribution in [0.25, 0.3) is 0 Å². The van der Waals surface area contributed by atoms with Crippen LogP contribution in [0.1, 0.15) is 28.3 Å². The maximum atomic E-state index is 13.1. The zero-order valence-electron chi connectivity index (χ0n) is 11.1. The van der Waals surface area contributed by atoms with E-state index in [0.29, 0.717) is 0 Å². The molecule has 0 heterocycles. The fourth-order valence-electron chi connectivity index (χ4n) is 2.25. The van der Waals surface area contributed by atoms with Gasteiger partial charge in [-0.1, -0.05) is 35.9 Å². The molecule has 2 N–H and O–H groups in total. The summed E-state index contributed by atoms with van der Waals surface area (Å²) in [7, 11) is 0. The molecule has 0 aliphatic heterocycles. The molecule has 0 saturated carbocycles. The summed E-state index contributed by atoms with van der Waals surface area (Å²) in [6.45, 7) is 4.15. The Morgan fingerprint density at radius 2 is 1.79 bits per heavy atom. The van der Waals surface area contributed by atoms with Gasteiger partial charge in [-0.3, -0.25) is 0 Å². The van der Waals surface area contributed by atoms with Crippen molar-refractivity contribution < 1.29 is 4.39 Å². The van der Waals surface area contributed by atoms with Gasteiger partial charge < -0.3 is 5.73 Å². The van der Waals surface area contributed by atoms with Gasteiger partial charge in [0, 0.05) is 6.04 Å². The molecule has 19 heavy (non-hydrogen) atoms. The fourth-order valence-corrected chi connectivity index (χ4v) is 2.44. The van der Waals surface area contributed by atoms with E-state index in [4.69, 9.17) is 17.3 Å². The molecular weight excluding hydrogens is 261 g/mol. The molecule has 0 aromatic heterocycles. The van der Waals surface area contributed by atoms with Gasteiger partial charge in [-0.2, -0.15) is 0 Å². The van der Waals surface area contributed by atoms with E-state index in [9.17, 15) is 4.39 Å².